The van der Waals surface area contributed by atoms with Crippen molar-refractivity contribution in [2.75, 3.05) is 20.3 Å². The minimum absolute atomic E-state index is 0.0878. The van der Waals surface area contributed by atoms with Gasteiger partial charge >= 0.3 is 0 Å². The number of carbonyl (C=O) groups excluding carboxylic acids is 1. The van der Waals surface area contributed by atoms with Gasteiger partial charge in [0.2, 0.25) is 5.91 Å². The molecule has 0 saturated heterocycles. The first kappa shape index (κ1) is 18.2. The number of hydrogen-bond donors (Lipinski definition) is 0. The topological polar surface area (TPSA) is 47.4 Å². The average Bonchev–Trinajstić information content (AvgIpc) is 2.82. The molecule has 1 aromatic carbocycles. The number of ether oxygens (including phenoxy) is 1. The van der Waals surface area contributed by atoms with Gasteiger partial charge in [-0.25, -0.2) is 0 Å². The Morgan fingerprint density at radius 1 is 1.38 bits per heavy atom. The van der Waals surface area contributed by atoms with E-state index >= 15 is 0 Å². The zero-order valence-electron chi connectivity index (χ0n) is 14.2. The molecule has 2 aromatic rings. The second-order valence-electron chi connectivity index (χ2n) is 5.49. The maximum atomic E-state index is 12.6. The van der Waals surface area contributed by atoms with Crippen molar-refractivity contribution >= 4 is 23.6 Å². The van der Waals surface area contributed by atoms with Crippen molar-refractivity contribution in [2.45, 2.75) is 13.5 Å². The zero-order chi connectivity index (χ0) is 17.5. The SMILES string of the molecule is COCCN(Cc1ccccc1)C(=O)/C=C/c1c(C)nn(C)c1Cl. The molecular formula is C18H22ClN3O2. The molecule has 0 aliphatic carbocycles. The number of methoxy groups -OCH3 is 1. The van der Waals surface area contributed by atoms with Crippen molar-refractivity contribution in [1.82, 2.24) is 14.7 Å². The highest BCUT2D eigenvalue weighted by molar-refractivity contribution is 6.31. The minimum atomic E-state index is -0.0878. The van der Waals surface area contributed by atoms with Crippen LogP contribution in [0.5, 0.6) is 0 Å². The number of nitrogens with zero attached hydrogens (tertiary/aromatic N) is 3. The van der Waals surface area contributed by atoms with Crippen LogP contribution in [0.2, 0.25) is 5.15 Å². The number of hydrogen-bond acceptors (Lipinski definition) is 3. The van der Waals surface area contributed by atoms with E-state index in [4.69, 9.17) is 16.3 Å². The molecule has 0 radical (unpaired) electrons. The normalized spacial score (nSPS) is 11.2. The first-order valence-corrected chi connectivity index (χ1v) is 8.09. The highest BCUT2D eigenvalue weighted by Crippen LogP contribution is 2.20. The third kappa shape index (κ3) is 4.69. The van der Waals surface area contributed by atoms with Crippen molar-refractivity contribution in [2.24, 2.45) is 7.05 Å². The van der Waals surface area contributed by atoms with E-state index in [1.165, 1.54) is 6.08 Å². The average molecular weight is 348 g/mol. The van der Waals surface area contributed by atoms with Gasteiger partial charge in [0.15, 0.2) is 0 Å². The molecule has 0 N–H and O–H groups in total. The van der Waals surface area contributed by atoms with Crippen LogP contribution in [-0.2, 0) is 23.1 Å². The highest BCUT2D eigenvalue weighted by atomic mass is 35.5. The van der Waals surface area contributed by atoms with Crippen molar-refractivity contribution in [3.8, 4) is 0 Å². The number of halogens is 1. The molecule has 6 heteroatoms. The van der Waals surface area contributed by atoms with Crippen LogP contribution in [-0.4, -0.2) is 40.8 Å². The van der Waals surface area contributed by atoms with Crippen LogP contribution < -0.4 is 0 Å². The lowest BCUT2D eigenvalue weighted by Crippen LogP contribution is -2.32. The van der Waals surface area contributed by atoms with E-state index in [9.17, 15) is 4.79 Å². The van der Waals surface area contributed by atoms with E-state index in [0.29, 0.717) is 24.8 Å². The number of aryl methyl sites for hydroxylation is 2. The van der Waals surface area contributed by atoms with Crippen LogP contribution in [0.3, 0.4) is 0 Å². The fraction of sp³-hybridized carbons (Fsp3) is 0.333. The van der Waals surface area contributed by atoms with Gasteiger partial charge in [-0.3, -0.25) is 9.48 Å². The molecule has 5 nitrogen and oxygen atoms in total. The van der Waals surface area contributed by atoms with Crippen LogP contribution in [0.25, 0.3) is 6.08 Å². The Morgan fingerprint density at radius 3 is 2.67 bits per heavy atom. The van der Waals surface area contributed by atoms with E-state index in [2.05, 4.69) is 5.10 Å². The predicted molar refractivity (Wildman–Crippen MR) is 95.7 cm³/mol. The molecule has 2 rings (SSSR count). The summed E-state index contributed by atoms with van der Waals surface area (Å²) in [6.07, 6.45) is 3.26. The van der Waals surface area contributed by atoms with Crippen LogP contribution in [0.15, 0.2) is 36.4 Å². The van der Waals surface area contributed by atoms with Crippen molar-refractivity contribution in [1.29, 1.82) is 0 Å². The van der Waals surface area contributed by atoms with Crippen LogP contribution in [0.4, 0.5) is 0 Å². The number of carbonyl (C=O) groups is 1. The number of benzene rings is 1. The fourth-order valence-corrected chi connectivity index (χ4v) is 2.61. The summed E-state index contributed by atoms with van der Waals surface area (Å²) < 4.78 is 6.70. The zero-order valence-corrected chi connectivity index (χ0v) is 15.0. The van der Waals surface area contributed by atoms with Gasteiger partial charge in [0, 0.05) is 38.9 Å². The van der Waals surface area contributed by atoms with E-state index in [1.54, 1.807) is 29.8 Å². The fourth-order valence-electron chi connectivity index (χ4n) is 2.37. The molecule has 1 aromatic heterocycles. The lowest BCUT2D eigenvalue weighted by molar-refractivity contribution is -0.127. The van der Waals surface area contributed by atoms with E-state index < -0.39 is 0 Å². The Hall–Kier alpha value is -2.11. The van der Waals surface area contributed by atoms with Gasteiger partial charge in [0.05, 0.1) is 12.3 Å². The first-order valence-electron chi connectivity index (χ1n) is 7.72. The summed E-state index contributed by atoms with van der Waals surface area (Å²) in [5.41, 5.74) is 2.63. The Balaban J connectivity index is 2.13. The van der Waals surface area contributed by atoms with Gasteiger partial charge in [-0.05, 0) is 18.6 Å². The summed E-state index contributed by atoms with van der Waals surface area (Å²) in [6.45, 7) is 3.41. The monoisotopic (exact) mass is 347 g/mol. The van der Waals surface area contributed by atoms with Crippen molar-refractivity contribution < 1.29 is 9.53 Å². The molecule has 0 bridgehead atoms. The smallest absolute Gasteiger partial charge is 0.246 e. The molecule has 0 atom stereocenters. The van der Waals surface area contributed by atoms with Gasteiger partial charge in [-0.2, -0.15) is 5.10 Å². The maximum absolute atomic E-state index is 12.6. The van der Waals surface area contributed by atoms with Crippen LogP contribution in [0, 0.1) is 6.92 Å². The highest BCUT2D eigenvalue weighted by Gasteiger charge is 2.13. The molecule has 1 amide bonds. The summed E-state index contributed by atoms with van der Waals surface area (Å²) in [4.78, 5) is 14.3. The summed E-state index contributed by atoms with van der Waals surface area (Å²) in [5, 5.41) is 4.76. The van der Waals surface area contributed by atoms with Gasteiger partial charge in [-0.1, -0.05) is 41.9 Å². The Labute approximate surface area is 147 Å². The van der Waals surface area contributed by atoms with Crippen molar-refractivity contribution in [3.05, 3.63) is 58.4 Å². The van der Waals surface area contributed by atoms with Gasteiger partial charge in [0.1, 0.15) is 5.15 Å². The van der Waals surface area contributed by atoms with E-state index in [1.807, 2.05) is 37.3 Å². The molecular weight excluding hydrogens is 326 g/mol. The quantitative estimate of drug-likeness (QED) is 0.723. The Bertz CT molecular complexity index is 711. The van der Waals surface area contributed by atoms with Crippen LogP contribution >= 0.6 is 11.6 Å². The molecule has 0 spiro atoms. The second kappa shape index (κ2) is 8.66. The molecule has 0 saturated carbocycles. The summed E-state index contributed by atoms with van der Waals surface area (Å²) in [6, 6.07) is 9.88. The molecule has 0 aliphatic heterocycles. The largest absolute Gasteiger partial charge is 0.383 e. The minimum Gasteiger partial charge on any atom is -0.383 e. The van der Waals surface area contributed by atoms with Gasteiger partial charge in [0.25, 0.3) is 0 Å². The van der Waals surface area contributed by atoms with Gasteiger partial charge < -0.3 is 9.64 Å². The van der Waals surface area contributed by atoms with Gasteiger partial charge in [-0.15, -0.1) is 0 Å². The Kier molecular flexibility index (Phi) is 6.58. The molecule has 0 unspecified atom stereocenters. The predicted octanol–water partition coefficient (Wildman–Crippen LogP) is 3.07. The molecule has 128 valence electrons. The number of amides is 1. The Morgan fingerprint density at radius 2 is 2.08 bits per heavy atom. The summed E-state index contributed by atoms with van der Waals surface area (Å²) >= 11 is 6.19. The molecule has 0 aliphatic rings. The summed E-state index contributed by atoms with van der Waals surface area (Å²) in [5.74, 6) is -0.0878. The summed E-state index contributed by atoms with van der Waals surface area (Å²) in [7, 11) is 3.40. The van der Waals surface area contributed by atoms with Crippen molar-refractivity contribution in [3.63, 3.8) is 0 Å². The van der Waals surface area contributed by atoms with E-state index in [-0.39, 0.29) is 5.91 Å². The molecule has 1 heterocycles. The third-order valence-corrected chi connectivity index (χ3v) is 4.13. The second-order valence-corrected chi connectivity index (χ2v) is 5.84. The number of aromatic nitrogens is 2. The maximum Gasteiger partial charge on any atom is 0.246 e. The number of rotatable bonds is 7. The lowest BCUT2D eigenvalue weighted by atomic mass is 10.2. The standard InChI is InChI=1S/C18H22ClN3O2/c1-14-16(18(19)21(2)20-14)9-10-17(23)22(11-12-24-3)13-15-7-5-4-6-8-15/h4-10H,11-13H2,1-3H3/b10-9+. The van der Waals surface area contributed by atoms with Crippen LogP contribution in [0.1, 0.15) is 16.8 Å². The first-order chi connectivity index (χ1) is 11.5. The van der Waals surface area contributed by atoms with E-state index in [0.717, 1.165) is 16.8 Å². The molecule has 24 heavy (non-hydrogen) atoms. The third-order valence-electron chi connectivity index (χ3n) is 3.68. The lowest BCUT2D eigenvalue weighted by Gasteiger charge is -2.21. The molecule has 0 fully saturated rings.